The number of hydrogen-bond acceptors (Lipinski definition) is 3. The van der Waals surface area contributed by atoms with E-state index in [0.717, 1.165) is 33.3 Å². The van der Waals surface area contributed by atoms with Gasteiger partial charge in [0.15, 0.2) is 5.58 Å². The highest BCUT2D eigenvalue weighted by atomic mass is 16.3. The molecular formula is C17H15N3O. The molecule has 2 heterocycles. The number of aromatic amines is 1. The van der Waals surface area contributed by atoms with E-state index < -0.39 is 0 Å². The molecule has 4 aromatic rings. The Balaban J connectivity index is 1.95. The molecule has 0 bridgehead atoms. The van der Waals surface area contributed by atoms with Crippen molar-refractivity contribution < 1.29 is 4.42 Å². The molecule has 0 amide bonds. The summed E-state index contributed by atoms with van der Waals surface area (Å²) in [5, 5.41) is 1.14. The number of rotatable bonds is 1. The fourth-order valence-corrected chi connectivity index (χ4v) is 2.62. The topological polar surface area (TPSA) is 67.8 Å². The lowest BCUT2D eigenvalue weighted by atomic mass is 10.2. The number of fused-ring (bicyclic) bond motifs is 2. The van der Waals surface area contributed by atoms with Gasteiger partial charge in [0.1, 0.15) is 11.2 Å². The highest BCUT2D eigenvalue weighted by molar-refractivity contribution is 5.91. The van der Waals surface area contributed by atoms with E-state index in [4.69, 9.17) is 10.2 Å². The molecule has 0 fully saturated rings. The van der Waals surface area contributed by atoms with Gasteiger partial charge < -0.3 is 15.1 Å². The molecule has 0 saturated heterocycles. The van der Waals surface area contributed by atoms with E-state index in [1.807, 2.05) is 25.1 Å². The van der Waals surface area contributed by atoms with Gasteiger partial charge >= 0.3 is 0 Å². The molecule has 2 aromatic heterocycles. The molecule has 2 aromatic carbocycles. The van der Waals surface area contributed by atoms with Crippen LogP contribution in [0, 0.1) is 13.8 Å². The fraction of sp³-hybridized carbons (Fsp3) is 0.118. The smallest absolute Gasteiger partial charge is 0.244 e. The number of benzene rings is 2. The second-order valence-corrected chi connectivity index (χ2v) is 5.44. The lowest BCUT2D eigenvalue weighted by Gasteiger charge is -1.95. The number of anilines is 1. The SMILES string of the molecule is Cc1ccc2cc(-c3nc4c(N)ccc(C)c4o3)[nH]c2c1. The predicted octanol–water partition coefficient (Wildman–Crippen LogP) is 4.18. The molecule has 0 aliphatic heterocycles. The quantitative estimate of drug-likeness (QED) is 0.513. The van der Waals surface area contributed by atoms with Crippen LogP contribution in [0.15, 0.2) is 40.8 Å². The van der Waals surface area contributed by atoms with Crippen molar-refractivity contribution in [1.82, 2.24) is 9.97 Å². The van der Waals surface area contributed by atoms with E-state index >= 15 is 0 Å². The van der Waals surface area contributed by atoms with Crippen LogP contribution in [-0.2, 0) is 0 Å². The molecule has 0 radical (unpaired) electrons. The zero-order valence-corrected chi connectivity index (χ0v) is 11.9. The Morgan fingerprint density at radius 1 is 1.10 bits per heavy atom. The number of hydrogen-bond donors (Lipinski definition) is 2. The summed E-state index contributed by atoms with van der Waals surface area (Å²) in [6.45, 7) is 4.06. The number of aromatic nitrogens is 2. The third-order valence-corrected chi connectivity index (χ3v) is 3.78. The van der Waals surface area contributed by atoms with Gasteiger partial charge in [0.05, 0.1) is 5.69 Å². The third kappa shape index (κ3) is 1.80. The van der Waals surface area contributed by atoms with Crippen molar-refractivity contribution in [2.24, 2.45) is 0 Å². The fourth-order valence-electron chi connectivity index (χ4n) is 2.62. The number of nitrogens with two attached hydrogens (primary N) is 1. The summed E-state index contributed by atoms with van der Waals surface area (Å²) in [5.74, 6) is 0.569. The molecule has 0 spiro atoms. The monoisotopic (exact) mass is 277 g/mol. The molecule has 21 heavy (non-hydrogen) atoms. The van der Waals surface area contributed by atoms with Crippen LogP contribution < -0.4 is 5.73 Å². The van der Waals surface area contributed by atoms with Crippen LogP contribution in [0.5, 0.6) is 0 Å². The number of nitrogen functional groups attached to an aromatic ring is 1. The van der Waals surface area contributed by atoms with Crippen LogP contribution >= 0.6 is 0 Å². The maximum atomic E-state index is 5.98. The number of H-pyrrole nitrogens is 1. The molecule has 0 saturated carbocycles. The van der Waals surface area contributed by atoms with Gasteiger partial charge in [-0.15, -0.1) is 0 Å². The van der Waals surface area contributed by atoms with Gasteiger partial charge in [0.2, 0.25) is 5.89 Å². The minimum absolute atomic E-state index is 0.569. The Morgan fingerprint density at radius 3 is 2.76 bits per heavy atom. The Labute approximate surface area is 121 Å². The summed E-state index contributed by atoms with van der Waals surface area (Å²) in [6.07, 6.45) is 0. The maximum absolute atomic E-state index is 5.98. The molecule has 0 aliphatic carbocycles. The van der Waals surface area contributed by atoms with E-state index in [2.05, 4.69) is 35.1 Å². The van der Waals surface area contributed by atoms with Crippen LogP contribution in [0.4, 0.5) is 5.69 Å². The minimum Gasteiger partial charge on any atom is -0.434 e. The first kappa shape index (κ1) is 12.0. The highest BCUT2D eigenvalue weighted by Crippen LogP contribution is 2.31. The second kappa shape index (κ2) is 4.12. The first-order valence-electron chi connectivity index (χ1n) is 6.87. The minimum atomic E-state index is 0.569. The lowest BCUT2D eigenvalue weighted by molar-refractivity contribution is 0.615. The molecule has 0 aliphatic rings. The number of aryl methyl sites for hydroxylation is 2. The van der Waals surface area contributed by atoms with Crippen LogP contribution in [0.1, 0.15) is 11.1 Å². The summed E-state index contributed by atoms with van der Waals surface area (Å²) < 4.78 is 5.90. The van der Waals surface area contributed by atoms with Crippen molar-refractivity contribution in [2.75, 3.05) is 5.73 Å². The summed E-state index contributed by atoms with van der Waals surface area (Å²) in [7, 11) is 0. The average molecular weight is 277 g/mol. The summed E-state index contributed by atoms with van der Waals surface area (Å²) in [4.78, 5) is 7.89. The first-order valence-corrected chi connectivity index (χ1v) is 6.87. The molecule has 3 N–H and O–H groups in total. The van der Waals surface area contributed by atoms with Crippen LogP contribution in [0.2, 0.25) is 0 Å². The normalized spacial score (nSPS) is 11.5. The van der Waals surface area contributed by atoms with Crippen molar-refractivity contribution in [3.63, 3.8) is 0 Å². The van der Waals surface area contributed by atoms with Gasteiger partial charge in [0.25, 0.3) is 0 Å². The van der Waals surface area contributed by atoms with Crippen molar-refractivity contribution >= 4 is 27.7 Å². The van der Waals surface area contributed by atoms with E-state index in [-0.39, 0.29) is 0 Å². The highest BCUT2D eigenvalue weighted by Gasteiger charge is 2.14. The molecule has 4 heteroatoms. The molecule has 0 unspecified atom stereocenters. The Kier molecular flexibility index (Phi) is 2.36. The molecule has 104 valence electrons. The van der Waals surface area contributed by atoms with Crippen LogP contribution in [-0.4, -0.2) is 9.97 Å². The largest absolute Gasteiger partial charge is 0.434 e. The van der Waals surface area contributed by atoms with E-state index in [0.29, 0.717) is 11.6 Å². The maximum Gasteiger partial charge on any atom is 0.244 e. The number of oxazole rings is 1. The van der Waals surface area contributed by atoms with E-state index in [9.17, 15) is 0 Å². The van der Waals surface area contributed by atoms with Crippen LogP contribution in [0.3, 0.4) is 0 Å². The van der Waals surface area contributed by atoms with E-state index in [1.54, 1.807) is 0 Å². The Hall–Kier alpha value is -2.75. The zero-order valence-electron chi connectivity index (χ0n) is 11.9. The zero-order chi connectivity index (χ0) is 14.6. The van der Waals surface area contributed by atoms with E-state index in [1.165, 1.54) is 5.56 Å². The molecule has 0 atom stereocenters. The van der Waals surface area contributed by atoms with Crippen LogP contribution in [0.25, 0.3) is 33.6 Å². The van der Waals surface area contributed by atoms with Gasteiger partial charge in [-0.3, -0.25) is 0 Å². The van der Waals surface area contributed by atoms with Crippen molar-refractivity contribution in [1.29, 1.82) is 0 Å². The Morgan fingerprint density at radius 2 is 1.95 bits per heavy atom. The molecule has 4 rings (SSSR count). The lowest BCUT2D eigenvalue weighted by Crippen LogP contribution is -1.87. The van der Waals surface area contributed by atoms with Gasteiger partial charge in [-0.1, -0.05) is 18.2 Å². The number of nitrogens with one attached hydrogen (secondary N) is 1. The van der Waals surface area contributed by atoms with Crippen molar-refractivity contribution in [2.45, 2.75) is 13.8 Å². The first-order chi connectivity index (χ1) is 10.1. The predicted molar refractivity (Wildman–Crippen MR) is 85.2 cm³/mol. The van der Waals surface area contributed by atoms with Gasteiger partial charge in [0, 0.05) is 10.9 Å². The third-order valence-electron chi connectivity index (χ3n) is 3.78. The van der Waals surface area contributed by atoms with Crippen molar-refractivity contribution in [3.05, 3.63) is 47.5 Å². The standard InChI is InChI=1S/C17H15N3O/c1-9-3-5-11-8-14(19-13(11)7-9)17-20-15-12(18)6-4-10(2)16(15)21-17/h3-8,19H,18H2,1-2H3. The molecule has 4 nitrogen and oxygen atoms in total. The van der Waals surface area contributed by atoms with Crippen molar-refractivity contribution in [3.8, 4) is 11.6 Å². The number of nitrogens with zero attached hydrogens (tertiary/aromatic N) is 1. The average Bonchev–Trinajstić information content (AvgIpc) is 3.06. The molecular weight excluding hydrogens is 262 g/mol. The summed E-state index contributed by atoms with van der Waals surface area (Å²) >= 11 is 0. The summed E-state index contributed by atoms with van der Waals surface area (Å²) in [5.41, 5.74) is 12.3. The second-order valence-electron chi connectivity index (χ2n) is 5.44. The van der Waals surface area contributed by atoms with Gasteiger partial charge in [-0.25, -0.2) is 4.98 Å². The van der Waals surface area contributed by atoms with Gasteiger partial charge in [-0.05, 0) is 43.2 Å². The van der Waals surface area contributed by atoms with Gasteiger partial charge in [-0.2, -0.15) is 0 Å². The Bertz CT molecular complexity index is 939. The summed E-state index contributed by atoms with van der Waals surface area (Å²) in [6, 6.07) is 12.1.